The van der Waals surface area contributed by atoms with Crippen LogP contribution in [0.4, 0.5) is 5.82 Å². The third-order valence-corrected chi connectivity index (χ3v) is 4.09. The van der Waals surface area contributed by atoms with Crippen molar-refractivity contribution < 1.29 is 0 Å². The summed E-state index contributed by atoms with van der Waals surface area (Å²) in [7, 11) is 0. The fourth-order valence-electron chi connectivity index (χ4n) is 2.55. The molecule has 1 aliphatic rings. The van der Waals surface area contributed by atoms with Gasteiger partial charge in [0.2, 0.25) is 0 Å². The maximum atomic E-state index is 5.98. The average molecular weight is 267 g/mol. The Balaban J connectivity index is 2.20. The van der Waals surface area contributed by atoms with Crippen LogP contribution in [-0.4, -0.2) is 18.1 Å². The van der Waals surface area contributed by atoms with E-state index in [1.165, 1.54) is 24.8 Å². The molecule has 0 spiro atoms. The molecule has 0 N–H and O–H groups in total. The number of pyridine rings is 1. The van der Waals surface area contributed by atoms with Crippen LogP contribution in [-0.2, 0) is 12.3 Å². The first-order valence-corrected chi connectivity index (χ1v) is 7.57. The first-order valence-electron chi connectivity index (χ1n) is 7.03. The Bertz CT molecular complexity index is 370. The van der Waals surface area contributed by atoms with Crippen LogP contribution in [0.15, 0.2) is 12.1 Å². The highest BCUT2D eigenvalue weighted by Gasteiger charge is 2.15. The van der Waals surface area contributed by atoms with Gasteiger partial charge in [-0.15, -0.1) is 11.6 Å². The van der Waals surface area contributed by atoms with Gasteiger partial charge < -0.3 is 4.90 Å². The van der Waals surface area contributed by atoms with Crippen molar-refractivity contribution in [2.45, 2.75) is 45.4 Å². The second-order valence-corrected chi connectivity index (χ2v) is 5.60. The minimum Gasteiger partial charge on any atom is -0.357 e. The SMILES string of the molecule is CCc1cc(CCl)cc(N2CCCC(C)CC2)n1. The number of alkyl halides is 1. The van der Waals surface area contributed by atoms with Crippen molar-refractivity contribution in [1.29, 1.82) is 0 Å². The molecule has 1 aromatic heterocycles. The van der Waals surface area contributed by atoms with Crippen molar-refractivity contribution in [3.05, 3.63) is 23.4 Å². The molecule has 0 saturated carbocycles. The van der Waals surface area contributed by atoms with Crippen LogP contribution < -0.4 is 4.90 Å². The van der Waals surface area contributed by atoms with Crippen LogP contribution in [0.1, 0.15) is 44.4 Å². The zero-order chi connectivity index (χ0) is 13.0. The van der Waals surface area contributed by atoms with Gasteiger partial charge in [-0.3, -0.25) is 0 Å². The van der Waals surface area contributed by atoms with E-state index in [0.29, 0.717) is 5.88 Å². The maximum absolute atomic E-state index is 5.98. The molecule has 0 bridgehead atoms. The lowest BCUT2D eigenvalue weighted by Gasteiger charge is -2.22. The zero-order valence-corrected chi connectivity index (χ0v) is 12.2. The van der Waals surface area contributed by atoms with Crippen LogP contribution in [0.3, 0.4) is 0 Å². The fourth-order valence-corrected chi connectivity index (χ4v) is 2.70. The molecule has 2 rings (SSSR count). The van der Waals surface area contributed by atoms with Gasteiger partial charge in [-0.05, 0) is 49.3 Å². The summed E-state index contributed by atoms with van der Waals surface area (Å²) in [6.07, 6.45) is 4.86. The molecular formula is C15H23ClN2. The molecule has 1 aromatic rings. The summed E-state index contributed by atoms with van der Waals surface area (Å²) in [5.74, 6) is 2.54. The van der Waals surface area contributed by atoms with Gasteiger partial charge in [0.15, 0.2) is 0 Å². The molecule has 18 heavy (non-hydrogen) atoms. The predicted octanol–water partition coefficient (Wildman–Crippen LogP) is 4.01. The highest BCUT2D eigenvalue weighted by atomic mass is 35.5. The van der Waals surface area contributed by atoms with Crippen LogP contribution in [0.5, 0.6) is 0 Å². The number of rotatable bonds is 3. The van der Waals surface area contributed by atoms with E-state index in [0.717, 1.165) is 36.9 Å². The largest absolute Gasteiger partial charge is 0.357 e. The molecule has 0 aromatic carbocycles. The summed E-state index contributed by atoms with van der Waals surface area (Å²) in [6, 6.07) is 4.28. The second-order valence-electron chi connectivity index (χ2n) is 5.34. The Morgan fingerprint density at radius 1 is 1.33 bits per heavy atom. The first-order chi connectivity index (χ1) is 8.72. The van der Waals surface area contributed by atoms with Crippen LogP contribution in [0, 0.1) is 5.92 Å². The Morgan fingerprint density at radius 3 is 2.89 bits per heavy atom. The normalized spacial score (nSPS) is 20.8. The number of halogens is 1. The highest BCUT2D eigenvalue weighted by molar-refractivity contribution is 6.17. The molecular weight excluding hydrogens is 244 g/mol. The Labute approximate surface area is 115 Å². The lowest BCUT2D eigenvalue weighted by molar-refractivity contribution is 0.521. The molecule has 2 nitrogen and oxygen atoms in total. The van der Waals surface area contributed by atoms with Crippen molar-refractivity contribution in [2.24, 2.45) is 5.92 Å². The van der Waals surface area contributed by atoms with Gasteiger partial charge in [0, 0.05) is 24.7 Å². The molecule has 1 fully saturated rings. The van der Waals surface area contributed by atoms with Gasteiger partial charge in [0.25, 0.3) is 0 Å². The molecule has 0 amide bonds. The van der Waals surface area contributed by atoms with Crippen LogP contribution in [0.2, 0.25) is 0 Å². The summed E-state index contributed by atoms with van der Waals surface area (Å²) in [5, 5.41) is 0. The van der Waals surface area contributed by atoms with Crippen molar-refractivity contribution >= 4 is 17.4 Å². The standard InChI is InChI=1S/C15H23ClN2/c1-3-14-9-13(11-16)10-15(17-14)18-7-4-5-12(2)6-8-18/h9-10,12H,3-8,11H2,1-2H3. The molecule has 100 valence electrons. The van der Waals surface area contributed by atoms with E-state index in [2.05, 4.69) is 30.9 Å². The number of aryl methyl sites for hydroxylation is 1. The van der Waals surface area contributed by atoms with Crippen LogP contribution >= 0.6 is 11.6 Å². The van der Waals surface area contributed by atoms with Crippen molar-refractivity contribution in [2.75, 3.05) is 18.0 Å². The van der Waals surface area contributed by atoms with Crippen molar-refractivity contribution in [1.82, 2.24) is 4.98 Å². The van der Waals surface area contributed by atoms with Crippen molar-refractivity contribution in [3.8, 4) is 0 Å². The average Bonchev–Trinajstić information content (AvgIpc) is 2.63. The Hall–Kier alpha value is -0.760. The summed E-state index contributed by atoms with van der Waals surface area (Å²) in [6.45, 7) is 6.76. The Kier molecular flexibility index (Phi) is 4.87. The lowest BCUT2D eigenvalue weighted by Crippen LogP contribution is -2.25. The molecule has 1 unspecified atom stereocenters. The third-order valence-electron chi connectivity index (χ3n) is 3.78. The van der Waals surface area contributed by atoms with E-state index in [9.17, 15) is 0 Å². The van der Waals surface area contributed by atoms with Gasteiger partial charge in [-0.1, -0.05) is 13.8 Å². The molecule has 3 heteroatoms. The highest BCUT2D eigenvalue weighted by Crippen LogP contribution is 2.23. The maximum Gasteiger partial charge on any atom is 0.129 e. The van der Waals surface area contributed by atoms with E-state index in [-0.39, 0.29) is 0 Å². The van der Waals surface area contributed by atoms with Gasteiger partial charge in [0.1, 0.15) is 5.82 Å². The molecule has 0 radical (unpaired) electrons. The predicted molar refractivity (Wildman–Crippen MR) is 78.4 cm³/mol. The summed E-state index contributed by atoms with van der Waals surface area (Å²) in [4.78, 5) is 7.19. The molecule has 1 atom stereocenters. The van der Waals surface area contributed by atoms with Gasteiger partial charge in [-0.25, -0.2) is 4.98 Å². The topological polar surface area (TPSA) is 16.1 Å². The number of nitrogens with zero attached hydrogens (tertiary/aromatic N) is 2. The smallest absolute Gasteiger partial charge is 0.129 e. The molecule has 1 saturated heterocycles. The Morgan fingerprint density at radius 2 is 2.17 bits per heavy atom. The third kappa shape index (κ3) is 3.38. The molecule has 2 heterocycles. The zero-order valence-electron chi connectivity index (χ0n) is 11.5. The van der Waals surface area contributed by atoms with Gasteiger partial charge >= 0.3 is 0 Å². The summed E-state index contributed by atoms with van der Waals surface area (Å²) >= 11 is 5.98. The number of hydrogen-bond acceptors (Lipinski definition) is 2. The van der Waals surface area contributed by atoms with E-state index in [1.807, 2.05) is 0 Å². The van der Waals surface area contributed by atoms with Crippen molar-refractivity contribution in [3.63, 3.8) is 0 Å². The number of anilines is 1. The van der Waals surface area contributed by atoms with Crippen LogP contribution in [0.25, 0.3) is 0 Å². The quantitative estimate of drug-likeness (QED) is 0.769. The first kappa shape index (κ1) is 13.7. The molecule has 0 aliphatic carbocycles. The fraction of sp³-hybridized carbons (Fsp3) is 0.667. The van der Waals surface area contributed by atoms with Gasteiger partial charge in [0.05, 0.1) is 0 Å². The second kappa shape index (κ2) is 6.42. The van der Waals surface area contributed by atoms with E-state index in [4.69, 9.17) is 16.6 Å². The van der Waals surface area contributed by atoms with E-state index < -0.39 is 0 Å². The number of aromatic nitrogens is 1. The van der Waals surface area contributed by atoms with Gasteiger partial charge in [-0.2, -0.15) is 0 Å². The number of hydrogen-bond donors (Lipinski definition) is 0. The minimum absolute atomic E-state index is 0.576. The molecule has 1 aliphatic heterocycles. The van der Waals surface area contributed by atoms with E-state index in [1.54, 1.807) is 0 Å². The lowest BCUT2D eigenvalue weighted by atomic mass is 10.0. The monoisotopic (exact) mass is 266 g/mol. The minimum atomic E-state index is 0.576. The summed E-state index contributed by atoms with van der Waals surface area (Å²) in [5.41, 5.74) is 2.34. The van der Waals surface area contributed by atoms with E-state index >= 15 is 0 Å². The summed E-state index contributed by atoms with van der Waals surface area (Å²) < 4.78 is 0.